The molecule has 0 amide bonds. The first-order valence-corrected chi connectivity index (χ1v) is 14.4. The molecule has 0 aromatic rings. The van der Waals surface area contributed by atoms with Crippen LogP contribution in [0.25, 0.3) is 0 Å². The van der Waals surface area contributed by atoms with Crippen LogP contribution in [-0.4, -0.2) is 75.1 Å². The van der Waals surface area contributed by atoms with Crippen LogP contribution in [0.1, 0.15) is 86.5 Å². The molecule has 0 aromatic carbocycles. The largest absolute Gasteiger partial charge is 0.394 e. The summed E-state index contributed by atoms with van der Waals surface area (Å²) in [4.78, 5) is 0. The van der Waals surface area contributed by atoms with E-state index >= 15 is 0 Å². The van der Waals surface area contributed by atoms with E-state index in [2.05, 4.69) is 41.5 Å². The number of hydrogen-bond donors (Lipinski definition) is 5. The van der Waals surface area contributed by atoms with Crippen molar-refractivity contribution in [2.75, 3.05) is 6.61 Å². The minimum atomic E-state index is -1.43. The molecule has 1 aliphatic heterocycles. The lowest BCUT2D eigenvalue weighted by atomic mass is 9.35. The van der Waals surface area contributed by atoms with Gasteiger partial charge in [-0.1, -0.05) is 41.5 Å². The molecule has 5 rings (SSSR count). The fraction of sp³-hybridized carbons (Fsp3) is 1.00. The van der Waals surface area contributed by atoms with E-state index in [4.69, 9.17) is 9.47 Å². The Hall–Kier alpha value is -0.280. The van der Waals surface area contributed by atoms with Gasteiger partial charge in [-0.05, 0) is 90.3 Å². The van der Waals surface area contributed by atoms with Crippen molar-refractivity contribution in [2.24, 2.45) is 45.3 Å². The van der Waals surface area contributed by atoms with Crippen molar-refractivity contribution in [3.63, 3.8) is 0 Å². The molecule has 4 aliphatic carbocycles. The van der Waals surface area contributed by atoms with Crippen LogP contribution in [0.2, 0.25) is 0 Å². The van der Waals surface area contributed by atoms with Gasteiger partial charge in [0, 0.05) is 0 Å². The van der Waals surface area contributed by atoms with Crippen molar-refractivity contribution in [1.29, 1.82) is 0 Å². The Kier molecular flexibility index (Phi) is 6.72. The highest BCUT2D eigenvalue weighted by atomic mass is 16.7. The Bertz CT molecular complexity index is 832. The van der Waals surface area contributed by atoms with Gasteiger partial charge in [-0.3, -0.25) is 0 Å². The Labute approximate surface area is 216 Å². The van der Waals surface area contributed by atoms with E-state index in [9.17, 15) is 25.5 Å². The Balaban J connectivity index is 1.40. The minimum absolute atomic E-state index is 0.0759. The molecule has 5 aliphatic rings. The van der Waals surface area contributed by atoms with Gasteiger partial charge >= 0.3 is 0 Å². The quantitative estimate of drug-likeness (QED) is 0.370. The molecule has 1 saturated heterocycles. The Morgan fingerprint density at radius 2 is 1.47 bits per heavy atom. The molecular weight excluding hydrogens is 460 g/mol. The van der Waals surface area contributed by atoms with Crippen molar-refractivity contribution < 1.29 is 35.0 Å². The van der Waals surface area contributed by atoms with Gasteiger partial charge in [-0.2, -0.15) is 0 Å². The second-order valence-electron chi connectivity index (χ2n) is 14.5. The average molecular weight is 511 g/mol. The molecule has 7 nitrogen and oxygen atoms in total. The fourth-order valence-corrected chi connectivity index (χ4v) is 10.7. The fourth-order valence-electron chi connectivity index (χ4n) is 10.7. The smallest absolute Gasteiger partial charge is 0.186 e. The zero-order valence-electron chi connectivity index (χ0n) is 23.1. The molecule has 36 heavy (non-hydrogen) atoms. The van der Waals surface area contributed by atoms with Gasteiger partial charge in [-0.15, -0.1) is 0 Å². The topological polar surface area (TPSA) is 120 Å². The number of fused-ring (bicyclic) bond motifs is 5. The third kappa shape index (κ3) is 3.56. The predicted molar refractivity (Wildman–Crippen MR) is 135 cm³/mol. The summed E-state index contributed by atoms with van der Waals surface area (Å²) in [5.74, 6) is 1.79. The van der Waals surface area contributed by atoms with Gasteiger partial charge in [0.2, 0.25) is 0 Å². The van der Waals surface area contributed by atoms with Crippen LogP contribution in [0.4, 0.5) is 0 Å². The number of aliphatic hydroxyl groups is 5. The Morgan fingerprint density at radius 1 is 0.806 bits per heavy atom. The number of hydrogen-bond acceptors (Lipinski definition) is 7. The molecule has 0 bridgehead atoms. The maximum atomic E-state index is 11.5. The van der Waals surface area contributed by atoms with Crippen molar-refractivity contribution >= 4 is 0 Å². The SMILES string of the molecule is C[C@H]1CC[C@]2(C)[C@@H]1[C@H](O)C[C@@H]1[C@@]3(C)CC[C@H](O[C@@H]4O[C@H](CO)[C@@H](O)[C@H](O)[C@H]4O)C(C)(C)[C@@H]3CC[C@]12C. The number of ether oxygens (including phenoxy) is 2. The Morgan fingerprint density at radius 3 is 2.14 bits per heavy atom. The third-order valence-corrected chi connectivity index (χ3v) is 12.8. The summed E-state index contributed by atoms with van der Waals surface area (Å²) < 4.78 is 12.1. The average Bonchev–Trinajstić information content (AvgIpc) is 3.14. The molecule has 0 aromatic heterocycles. The second kappa shape index (κ2) is 8.87. The normalized spacial score (nSPS) is 58.6. The van der Waals surface area contributed by atoms with Crippen LogP contribution in [0.3, 0.4) is 0 Å². The highest BCUT2D eigenvalue weighted by Crippen LogP contribution is 2.75. The van der Waals surface area contributed by atoms with E-state index in [1.54, 1.807) is 0 Å². The molecule has 0 spiro atoms. The third-order valence-electron chi connectivity index (χ3n) is 12.8. The highest BCUT2D eigenvalue weighted by molar-refractivity contribution is 5.18. The van der Waals surface area contributed by atoms with Crippen molar-refractivity contribution in [2.45, 2.75) is 129 Å². The summed E-state index contributed by atoms with van der Waals surface area (Å²) in [7, 11) is 0. The van der Waals surface area contributed by atoms with Gasteiger partial charge in [-0.25, -0.2) is 0 Å². The highest BCUT2D eigenvalue weighted by Gasteiger charge is 2.70. The lowest BCUT2D eigenvalue weighted by Gasteiger charge is -2.70. The summed E-state index contributed by atoms with van der Waals surface area (Å²) in [5, 5.41) is 52.1. The van der Waals surface area contributed by atoms with E-state index in [1.165, 1.54) is 12.8 Å². The van der Waals surface area contributed by atoms with E-state index in [0.717, 1.165) is 32.1 Å². The summed E-state index contributed by atoms with van der Waals surface area (Å²) in [6.07, 6.45) is 0.641. The van der Waals surface area contributed by atoms with Gasteiger partial charge in [0.15, 0.2) is 6.29 Å². The first kappa shape index (κ1) is 27.3. The molecule has 5 N–H and O–H groups in total. The van der Waals surface area contributed by atoms with Crippen molar-refractivity contribution in [3.05, 3.63) is 0 Å². The van der Waals surface area contributed by atoms with E-state index < -0.39 is 37.3 Å². The van der Waals surface area contributed by atoms with Crippen LogP contribution in [0.15, 0.2) is 0 Å². The van der Waals surface area contributed by atoms with Crippen LogP contribution >= 0.6 is 0 Å². The molecule has 14 atom stereocenters. The van der Waals surface area contributed by atoms with Crippen LogP contribution in [0.5, 0.6) is 0 Å². The van der Waals surface area contributed by atoms with Crippen molar-refractivity contribution in [1.82, 2.24) is 0 Å². The monoisotopic (exact) mass is 510 g/mol. The maximum Gasteiger partial charge on any atom is 0.186 e. The maximum absolute atomic E-state index is 11.5. The number of aliphatic hydroxyl groups excluding tert-OH is 5. The first-order valence-electron chi connectivity index (χ1n) is 14.4. The molecular formula is C29H50O7. The molecule has 1 heterocycles. The molecule has 0 radical (unpaired) electrons. The van der Waals surface area contributed by atoms with Gasteiger partial charge in [0.25, 0.3) is 0 Å². The molecule has 208 valence electrons. The van der Waals surface area contributed by atoms with Gasteiger partial charge in [0.05, 0.1) is 18.8 Å². The van der Waals surface area contributed by atoms with E-state index in [-0.39, 0.29) is 33.9 Å². The van der Waals surface area contributed by atoms with Crippen LogP contribution in [0, 0.1) is 45.3 Å². The summed E-state index contributed by atoms with van der Waals surface area (Å²) in [5.41, 5.74) is 0.232. The molecule has 5 fully saturated rings. The molecule has 0 unspecified atom stereocenters. The zero-order valence-corrected chi connectivity index (χ0v) is 23.1. The summed E-state index contributed by atoms with van der Waals surface area (Å²) >= 11 is 0. The summed E-state index contributed by atoms with van der Waals surface area (Å²) in [6.45, 7) is 13.8. The van der Waals surface area contributed by atoms with Gasteiger partial charge in [0.1, 0.15) is 24.4 Å². The number of rotatable bonds is 3. The van der Waals surface area contributed by atoms with E-state index in [0.29, 0.717) is 23.7 Å². The van der Waals surface area contributed by atoms with Crippen LogP contribution < -0.4 is 0 Å². The molecule has 4 saturated carbocycles. The zero-order chi connectivity index (χ0) is 26.4. The molecule has 7 heteroatoms. The van der Waals surface area contributed by atoms with Crippen LogP contribution in [-0.2, 0) is 9.47 Å². The lowest BCUT2D eigenvalue weighted by molar-refractivity contribution is -0.331. The van der Waals surface area contributed by atoms with Gasteiger partial charge < -0.3 is 35.0 Å². The lowest BCUT2D eigenvalue weighted by Crippen LogP contribution is -2.66. The predicted octanol–water partition coefficient (Wildman–Crippen LogP) is 2.85. The van der Waals surface area contributed by atoms with E-state index in [1.807, 2.05) is 0 Å². The second-order valence-corrected chi connectivity index (χ2v) is 14.5. The minimum Gasteiger partial charge on any atom is -0.394 e. The van der Waals surface area contributed by atoms with Crippen molar-refractivity contribution in [3.8, 4) is 0 Å². The first-order chi connectivity index (χ1) is 16.7. The standard InChI is InChI=1S/C29H50O7/c1-15-7-11-29(6)21(15)16(31)13-19-27(4)10-9-20(26(2,3)18(27)8-12-28(19,29)5)36-25-24(34)23(33)22(32)17(14-30)35-25/h15-25,30-34H,7-14H2,1-6H3/t15-,16+,17+,18-,19+,20-,21-,22+,23-,24+,25-,27-,28+,29+/m0/s1. The summed E-state index contributed by atoms with van der Waals surface area (Å²) in [6, 6.07) is 0.